The van der Waals surface area contributed by atoms with E-state index in [0.29, 0.717) is 38.0 Å². The number of carbonyl (C=O) groups excluding carboxylic acids is 2. The number of thioether (sulfide) groups is 1. The SMILES string of the molecule is O=C(NCCSc1ccccc1)C1CCN(C(=O)c2ccoc2)CC1. The van der Waals surface area contributed by atoms with E-state index in [0.717, 1.165) is 5.75 Å². The summed E-state index contributed by atoms with van der Waals surface area (Å²) in [4.78, 5) is 27.5. The van der Waals surface area contributed by atoms with Gasteiger partial charge in [-0.25, -0.2) is 0 Å². The lowest BCUT2D eigenvalue weighted by Crippen LogP contribution is -2.43. The van der Waals surface area contributed by atoms with Crippen molar-refractivity contribution < 1.29 is 14.0 Å². The van der Waals surface area contributed by atoms with E-state index in [-0.39, 0.29) is 17.7 Å². The number of nitrogens with one attached hydrogen (secondary N) is 1. The average Bonchev–Trinajstić information content (AvgIpc) is 3.20. The van der Waals surface area contributed by atoms with Crippen LogP contribution in [0.1, 0.15) is 23.2 Å². The van der Waals surface area contributed by atoms with Crippen LogP contribution >= 0.6 is 11.8 Å². The molecule has 1 aliphatic heterocycles. The second-order valence-corrected chi connectivity index (χ2v) is 7.20. The van der Waals surface area contributed by atoms with Crippen molar-refractivity contribution in [2.24, 2.45) is 5.92 Å². The molecule has 1 fully saturated rings. The standard InChI is InChI=1S/C19H22N2O3S/c22-18(20-9-13-25-17-4-2-1-3-5-17)15-6-10-21(11-7-15)19(23)16-8-12-24-14-16/h1-5,8,12,14-15H,6-7,9-11,13H2,(H,20,22). The summed E-state index contributed by atoms with van der Waals surface area (Å²) in [6, 6.07) is 11.8. The molecule has 1 aliphatic rings. The van der Waals surface area contributed by atoms with Gasteiger partial charge < -0.3 is 14.6 Å². The van der Waals surface area contributed by atoms with Crippen molar-refractivity contribution in [3.05, 3.63) is 54.5 Å². The van der Waals surface area contributed by atoms with Gasteiger partial charge in [-0.1, -0.05) is 18.2 Å². The monoisotopic (exact) mass is 358 g/mol. The molecule has 1 N–H and O–H groups in total. The van der Waals surface area contributed by atoms with Crippen molar-refractivity contribution in [3.8, 4) is 0 Å². The zero-order valence-electron chi connectivity index (χ0n) is 14.0. The van der Waals surface area contributed by atoms with E-state index in [1.54, 1.807) is 22.7 Å². The van der Waals surface area contributed by atoms with Crippen LogP contribution in [0.2, 0.25) is 0 Å². The van der Waals surface area contributed by atoms with Crippen molar-refractivity contribution in [3.63, 3.8) is 0 Å². The predicted octanol–water partition coefficient (Wildman–Crippen LogP) is 3.04. The Hall–Kier alpha value is -2.21. The lowest BCUT2D eigenvalue weighted by molar-refractivity contribution is -0.126. The maximum atomic E-state index is 12.3. The first-order valence-corrected chi connectivity index (χ1v) is 9.49. The number of rotatable bonds is 6. The van der Waals surface area contributed by atoms with E-state index < -0.39 is 0 Å². The van der Waals surface area contributed by atoms with Gasteiger partial charge >= 0.3 is 0 Å². The number of furan rings is 1. The summed E-state index contributed by atoms with van der Waals surface area (Å²) < 4.78 is 4.96. The van der Waals surface area contributed by atoms with E-state index >= 15 is 0 Å². The summed E-state index contributed by atoms with van der Waals surface area (Å²) >= 11 is 1.74. The summed E-state index contributed by atoms with van der Waals surface area (Å²) in [6.07, 6.45) is 4.38. The Morgan fingerprint density at radius 2 is 1.92 bits per heavy atom. The number of hydrogen-bond donors (Lipinski definition) is 1. The van der Waals surface area contributed by atoms with Crippen molar-refractivity contribution in [1.29, 1.82) is 0 Å². The van der Waals surface area contributed by atoms with Crippen LogP contribution in [0, 0.1) is 5.92 Å². The van der Waals surface area contributed by atoms with Gasteiger partial charge in [-0.05, 0) is 31.0 Å². The third kappa shape index (κ3) is 4.89. The molecular weight excluding hydrogens is 336 g/mol. The minimum Gasteiger partial charge on any atom is -0.472 e. The van der Waals surface area contributed by atoms with Crippen LogP contribution in [-0.2, 0) is 4.79 Å². The van der Waals surface area contributed by atoms with Crippen LogP contribution in [-0.4, -0.2) is 42.1 Å². The fourth-order valence-electron chi connectivity index (χ4n) is 2.92. The van der Waals surface area contributed by atoms with Crippen LogP contribution in [0.25, 0.3) is 0 Å². The molecule has 5 nitrogen and oxygen atoms in total. The highest BCUT2D eigenvalue weighted by Gasteiger charge is 2.27. The van der Waals surface area contributed by atoms with Gasteiger partial charge in [0.1, 0.15) is 6.26 Å². The maximum absolute atomic E-state index is 12.3. The van der Waals surface area contributed by atoms with Crippen molar-refractivity contribution in [2.75, 3.05) is 25.4 Å². The van der Waals surface area contributed by atoms with Gasteiger partial charge in [0.05, 0.1) is 11.8 Å². The molecule has 1 saturated heterocycles. The van der Waals surface area contributed by atoms with Crippen molar-refractivity contribution >= 4 is 23.6 Å². The molecule has 0 radical (unpaired) electrons. The minimum absolute atomic E-state index is 0.00451. The van der Waals surface area contributed by atoms with Gasteiger partial charge in [0, 0.05) is 36.2 Å². The Kier molecular flexibility index (Phi) is 6.17. The molecule has 2 heterocycles. The zero-order valence-corrected chi connectivity index (χ0v) is 14.8. The number of piperidine rings is 1. The minimum atomic E-state index is -0.0214. The van der Waals surface area contributed by atoms with Crippen LogP contribution in [0.3, 0.4) is 0 Å². The summed E-state index contributed by atoms with van der Waals surface area (Å²) in [5, 5.41) is 3.02. The highest BCUT2D eigenvalue weighted by atomic mass is 32.2. The molecule has 1 aromatic carbocycles. The Labute approximate surface area is 151 Å². The number of benzene rings is 1. The first-order chi connectivity index (χ1) is 12.2. The number of hydrogen-bond acceptors (Lipinski definition) is 4. The highest BCUT2D eigenvalue weighted by Crippen LogP contribution is 2.20. The molecule has 0 spiro atoms. The second kappa shape index (κ2) is 8.76. The smallest absolute Gasteiger partial charge is 0.257 e. The predicted molar refractivity (Wildman–Crippen MR) is 97.5 cm³/mol. The van der Waals surface area contributed by atoms with Gasteiger partial charge in [0.15, 0.2) is 0 Å². The Balaban J connectivity index is 1.36. The first-order valence-electron chi connectivity index (χ1n) is 8.51. The van der Waals surface area contributed by atoms with Crippen LogP contribution in [0.15, 0.2) is 58.2 Å². The van der Waals surface area contributed by atoms with E-state index in [2.05, 4.69) is 17.4 Å². The molecule has 6 heteroatoms. The Bertz CT molecular complexity index is 680. The number of likely N-dealkylation sites (tertiary alicyclic amines) is 1. The average molecular weight is 358 g/mol. The molecule has 2 aromatic rings. The summed E-state index contributed by atoms with van der Waals surface area (Å²) in [5.41, 5.74) is 0.570. The summed E-state index contributed by atoms with van der Waals surface area (Å²) in [7, 11) is 0. The van der Waals surface area contributed by atoms with Crippen LogP contribution in [0.4, 0.5) is 0 Å². The van der Waals surface area contributed by atoms with Crippen molar-refractivity contribution in [2.45, 2.75) is 17.7 Å². The fourth-order valence-corrected chi connectivity index (χ4v) is 3.71. The Morgan fingerprint density at radius 1 is 1.16 bits per heavy atom. The van der Waals surface area contributed by atoms with E-state index in [1.165, 1.54) is 17.4 Å². The maximum Gasteiger partial charge on any atom is 0.257 e. The van der Waals surface area contributed by atoms with E-state index in [4.69, 9.17) is 4.42 Å². The molecule has 3 rings (SSSR count). The fraction of sp³-hybridized carbons (Fsp3) is 0.368. The molecule has 0 bridgehead atoms. The molecule has 0 atom stereocenters. The summed E-state index contributed by atoms with van der Waals surface area (Å²) in [5.74, 6) is 0.930. The molecule has 0 saturated carbocycles. The highest BCUT2D eigenvalue weighted by molar-refractivity contribution is 7.99. The quantitative estimate of drug-likeness (QED) is 0.637. The molecule has 2 amide bonds. The van der Waals surface area contributed by atoms with Crippen molar-refractivity contribution in [1.82, 2.24) is 10.2 Å². The third-order valence-electron chi connectivity index (χ3n) is 4.33. The number of amides is 2. The third-order valence-corrected chi connectivity index (χ3v) is 5.35. The lowest BCUT2D eigenvalue weighted by Gasteiger charge is -2.31. The molecule has 0 unspecified atom stereocenters. The van der Waals surface area contributed by atoms with Gasteiger partial charge in [-0.2, -0.15) is 0 Å². The topological polar surface area (TPSA) is 62.6 Å². The van der Waals surface area contributed by atoms with Crippen LogP contribution < -0.4 is 5.32 Å². The second-order valence-electron chi connectivity index (χ2n) is 6.03. The van der Waals surface area contributed by atoms with Gasteiger partial charge in [-0.3, -0.25) is 9.59 Å². The molecule has 132 valence electrons. The molecule has 25 heavy (non-hydrogen) atoms. The van der Waals surface area contributed by atoms with Gasteiger partial charge in [-0.15, -0.1) is 11.8 Å². The number of nitrogens with zero attached hydrogens (tertiary/aromatic N) is 1. The van der Waals surface area contributed by atoms with Gasteiger partial charge in [0.25, 0.3) is 5.91 Å². The molecular formula is C19H22N2O3S. The number of carbonyl (C=O) groups is 2. The Morgan fingerprint density at radius 3 is 2.60 bits per heavy atom. The zero-order chi connectivity index (χ0) is 17.5. The lowest BCUT2D eigenvalue weighted by atomic mass is 9.95. The van der Waals surface area contributed by atoms with E-state index in [1.807, 2.05) is 18.2 Å². The van der Waals surface area contributed by atoms with Gasteiger partial charge in [0.2, 0.25) is 5.91 Å². The normalized spacial score (nSPS) is 15.1. The first kappa shape index (κ1) is 17.6. The molecule has 1 aromatic heterocycles. The summed E-state index contributed by atoms with van der Waals surface area (Å²) in [6.45, 7) is 1.88. The largest absolute Gasteiger partial charge is 0.472 e. The van der Waals surface area contributed by atoms with Crippen LogP contribution in [0.5, 0.6) is 0 Å². The van der Waals surface area contributed by atoms with E-state index in [9.17, 15) is 9.59 Å². The molecule has 0 aliphatic carbocycles.